The van der Waals surface area contributed by atoms with Crippen molar-refractivity contribution in [3.05, 3.63) is 16.8 Å². The van der Waals surface area contributed by atoms with Crippen LogP contribution in [0.2, 0.25) is 0 Å². The van der Waals surface area contributed by atoms with Gasteiger partial charge in [0.2, 0.25) is 0 Å². The van der Waals surface area contributed by atoms with Crippen molar-refractivity contribution in [3.63, 3.8) is 0 Å². The lowest BCUT2D eigenvalue weighted by Crippen LogP contribution is -2.40. The molecule has 0 aromatic carbocycles. The second-order valence-corrected chi connectivity index (χ2v) is 2.26. The monoisotopic (exact) mass is 172 g/mol. The largest absolute Gasteiger partial charge is 0.379 e. The lowest BCUT2D eigenvalue weighted by atomic mass is 10.5. The third-order valence-electron chi connectivity index (χ3n) is 1.24. The first-order valence-corrected chi connectivity index (χ1v) is 3.13. The molecule has 12 heavy (non-hydrogen) atoms. The molecule has 1 aliphatic heterocycles. The van der Waals surface area contributed by atoms with Crippen molar-refractivity contribution in [1.29, 1.82) is 0 Å². The maximum atomic E-state index is 10.9. The van der Waals surface area contributed by atoms with E-state index in [9.17, 15) is 9.70 Å². The summed E-state index contributed by atoms with van der Waals surface area (Å²) in [6.07, 6.45) is 0.877. The standard InChI is InChI=1S/C5H8N4O3/c1-8(2)9-4(3-6-11)5(10)12-7-9/h3,7H,1-2H3/b4-3+. The molecule has 0 aromatic heterocycles. The predicted molar refractivity (Wildman–Crippen MR) is 38.6 cm³/mol. The third kappa shape index (κ3) is 1.41. The summed E-state index contributed by atoms with van der Waals surface area (Å²) in [5.41, 5.74) is 2.33. The second kappa shape index (κ2) is 3.28. The highest BCUT2D eigenvalue weighted by atomic mass is 16.7. The first kappa shape index (κ1) is 8.62. The summed E-state index contributed by atoms with van der Waals surface area (Å²) in [5.74, 6) is -0.636. The van der Waals surface area contributed by atoms with Gasteiger partial charge in [0.1, 0.15) is 6.20 Å². The molecule has 66 valence electrons. The van der Waals surface area contributed by atoms with Gasteiger partial charge in [-0.05, 0) is 10.8 Å². The summed E-state index contributed by atoms with van der Waals surface area (Å²) < 4.78 is 0. The molecular formula is C5H8N4O3. The fourth-order valence-electron chi connectivity index (χ4n) is 0.727. The maximum Gasteiger partial charge on any atom is 0.379 e. The Kier molecular flexibility index (Phi) is 2.36. The molecule has 0 aromatic rings. The molecule has 0 spiro atoms. The molecule has 1 fully saturated rings. The Balaban J connectivity index is 2.84. The van der Waals surface area contributed by atoms with Gasteiger partial charge >= 0.3 is 5.97 Å². The third-order valence-corrected chi connectivity index (χ3v) is 1.24. The second-order valence-electron chi connectivity index (χ2n) is 2.26. The van der Waals surface area contributed by atoms with Crippen molar-refractivity contribution < 1.29 is 9.63 Å². The van der Waals surface area contributed by atoms with E-state index in [0.717, 1.165) is 6.20 Å². The number of carbonyl (C=O) groups excluding carboxylic acids is 1. The molecule has 0 atom stereocenters. The van der Waals surface area contributed by atoms with Crippen LogP contribution < -0.4 is 5.59 Å². The maximum absolute atomic E-state index is 10.9. The Morgan fingerprint density at radius 3 is 2.83 bits per heavy atom. The van der Waals surface area contributed by atoms with E-state index in [0.29, 0.717) is 0 Å². The van der Waals surface area contributed by atoms with Gasteiger partial charge in [0.15, 0.2) is 5.70 Å². The van der Waals surface area contributed by atoms with Crippen molar-refractivity contribution in [2.45, 2.75) is 0 Å². The summed E-state index contributed by atoms with van der Waals surface area (Å²) in [4.78, 5) is 25.1. The molecule has 1 rings (SSSR count). The van der Waals surface area contributed by atoms with Crippen molar-refractivity contribution in [1.82, 2.24) is 15.7 Å². The lowest BCUT2D eigenvalue weighted by Gasteiger charge is -2.21. The average Bonchev–Trinajstić information content (AvgIpc) is 2.34. The number of nitrogens with zero attached hydrogens (tertiary/aromatic N) is 3. The molecule has 0 amide bonds. The first-order chi connectivity index (χ1) is 5.66. The van der Waals surface area contributed by atoms with Gasteiger partial charge in [0.05, 0.1) is 0 Å². The van der Waals surface area contributed by atoms with E-state index in [4.69, 9.17) is 0 Å². The minimum absolute atomic E-state index is 0.0509. The van der Waals surface area contributed by atoms with E-state index in [1.165, 1.54) is 10.1 Å². The predicted octanol–water partition coefficient (Wildman–Crippen LogP) is -0.651. The number of nitrogens with one attached hydrogen (secondary N) is 1. The molecule has 7 nitrogen and oxygen atoms in total. The van der Waals surface area contributed by atoms with Gasteiger partial charge in [-0.2, -0.15) is 5.12 Å². The Hall–Kier alpha value is -1.47. The molecule has 1 saturated heterocycles. The van der Waals surface area contributed by atoms with E-state index in [2.05, 4.69) is 15.6 Å². The van der Waals surface area contributed by atoms with E-state index < -0.39 is 5.97 Å². The van der Waals surface area contributed by atoms with Crippen LogP contribution in [0.5, 0.6) is 0 Å². The van der Waals surface area contributed by atoms with Crippen molar-refractivity contribution >= 4 is 5.97 Å². The Morgan fingerprint density at radius 1 is 1.67 bits per heavy atom. The van der Waals surface area contributed by atoms with Crippen LogP contribution in [0.4, 0.5) is 0 Å². The van der Waals surface area contributed by atoms with Gasteiger partial charge in [0.25, 0.3) is 0 Å². The molecule has 0 unspecified atom stereocenters. The molecule has 0 saturated carbocycles. The van der Waals surface area contributed by atoms with Crippen molar-refractivity contribution in [3.8, 4) is 0 Å². The minimum Gasteiger partial charge on any atom is -0.344 e. The van der Waals surface area contributed by atoms with Crippen LogP contribution in [-0.2, 0) is 9.63 Å². The summed E-state index contributed by atoms with van der Waals surface area (Å²) in [5, 5.41) is 5.26. The normalized spacial score (nSPS) is 20.4. The van der Waals surface area contributed by atoms with Crippen LogP contribution in [0.1, 0.15) is 0 Å². The van der Waals surface area contributed by atoms with Crippen LogP contribution >= 0.6 is 0 Å². The molecule has 0 bridgehead atoms. The molecule has 7 heteroatoms. The molecule has 1 heterocycles. The zero-order valence-corrected chi connectivity index (χ0v) is 6.64. The highest BCUT2D eigenvalue weighted by Gasteiger charge is 2.29. The first-order valence-electron chi connectivity index (χ1n) is 3.13. The van der Waals surface area contributed by atoms with Crippen LogP contribution in [0.15, 0.2) is 17.1 Å². The van der Waals surface area contributed by atoms with Gasteiger partial charge in [0, 0.05) is 14.1 Å². The summed E-state index contributed by atoms with van der Waals surface area (Å²) in [6, 6.07) is 0. The number of hydrazine groups is 2. The topological polar surface area (TPSA) is 74.2 Å². The highest BCUT2D eigenvalue weighted by molar-refractivity contribution is 5.88. The number of rotatable bonds is 2. The van der Waals surface area contributed by atoms with Gasteiger partial charge in [-0.15, -0.1) is 4.91 Å². The Labute approximate surface area is 68.4 Å². The molecule has 1 N–H and O–H groups in total. The van der Waals surface area contributed by atoms with Crippen LogP contribution in [-0.4, -0.2) is 30.2 Å². The number of hydrogen-bond acceptors (Lipinski definition) is 7. The highest BCUT2D eigenvalue weighted by Crippen LogP contribution is 2.11. The van der Waals surface area contributed by atoms with Crippen molar-refractivity contribution in [2.24, 2.45) is 5.18 Å². The summed E-state index contributed by atoms with van der Waals surface area (Å²) in [7, 11) is 3.35. The zero-order valence-electron chi connectivity index (χ0n) is 6.64. The molecule has 0 aliphatic carbocycles. The Bertz CT molecular complexity index is 237. The zero-order chi connectivity index (χ0) is 9.14. The average molecular weight is 172 g/mol. The lowest BCUT2D eigenvalue weighted by molar-refractivity contribution is -0.147. The van der Waals surface area contributed by atoms with E-state index in [-0.39, 0.29) is 5.70 Å². The van der Waals surface area contributed by atoms with E-state index in [1.807, 2.05) is 0 Å². The molecular weight excluding hydrogens is 164 g/mol. The number of nitroso groups, excluding NO2 is 1. The van der Waals surface area contributed by atoms with E-state index in [1.54, 1.807) is 14.1 Å². The van der Waals surface area contributed by atoms with E-state index >= 15 is 0 Å². The number of hydrogen-bond donors (Lipinski definition) is 1. The van der Waals surface area contributed by atoms with Crippen LogP contribution in [0.3, 0.4) is 0 Å². The smallest absolute Gasteiger partial charge is 0.344 e. The Morgan fingerprint density at radius 2 is 2.33 bits per heavy atom. The van der Waals surface area contributed by atoms with Gasteiger partial charge in [-0.25, -0.2) is 9.80 Å². The summed E-state index contributed by atoms with van der Waals surface area (Å²) >= 11 is 0. The molecule has 1 aliphatic rings. The van der Waals surface area contributed by atoms with Gasteiger partial charge in [-0.1, -0.05) is 0 Å². The fourth-order valence-corrected chi connectivity index (χ4v) is 0.727. The quantitative estimate of drug-likeness (QED) is 0.440. The molecule has 0 radical (unpaired) electrons. The van der Waals surface area contributed by atoms with Gasteiger partial charge in [-0.3, -0.25) is 0 Å². The van der Waals surface area contributed by atoms with Gasteiger partial charge < -0.3 is 4.84 Å². The minimum atomic E-state index is -0.636. The van der Waals surface area contributed by atoms with Crippen LogP contribution in [0.25, 0.3) is 0 Å². The number of carbonyl (C=O) groups is 1. The SMILES string of the molecule is CN(C)N1NOC(=O)/C1=C\N=O. The summed E-state index contributed by atoms with van der Waals surface area (Å²) in [6.45, 7) is 0. The van der Waals surface area contributed by atoms with Crippen LogP contribution in [0, 0.1) is 4.91 Å². The van der Waals surface area contributed by atoms with Crippen molar-refractivity contribution in [2.75, 3.05) is 14.1 Å². The fraction of sp³-hybridized carbons (Fsp3) is 0.400.